The maximum absolute atomic E-state index is 12.6. The van der Waals surface area contributed by atoms with E-state index in [2.05, 4.69) is 4.74 Å². The average Bonchev–Trinajstić information content (AvgIpc) is 3.06. The monoisotopic (exact) mass is 423 g/mol. The van der Waals surface area contributed by atoms with Gasteiger partial charge in [-0.25, -0.2) is 0 Å². The van der Waals surface area contributed by atoms with Crippen molar-refractivity contribution in [2.45, 2.75) is 19.0 Å². The van der Waals surface area contributed by atoms with Crippen molar-refractivity contribution in [2.75, 3.05) is 25.2 Å². The Labute approximate surface area is 171 Å². The fraction of sp³-hybridized carbons (Fsp3) is 0.286. The van der Waals surface area contributed by atoms with E-state index < -0.39 is 17.9 Å². The van der Waals surface area contributed by atoms with Gasteiger partial charge in [0.05, 0.1) is 12.2 Å². The lowest BCUT2D eigenvalue weighted by Crippen LogP contribution is -2.28. The van der Waals surface area contributed by atoms with Crippen molar-refractivity contribution in [1.29, 1.82) is 0 Å². The molecule has 2 aromatic carbocycles. The number of ether oxygens (including phenoxy) is 3. The van der Waals surface area contributed by atoms with Gasteiger partial charge in [-0.15, -0.1) is 13.2 Å². The third-order valence-corrected chi connectivity index (χ3v) is 4.44. The van der Waals surface area contributed by atoms with Crippen molar-refractivity contribution in [3.05, 3.63) is 65.9 Å². The SMILES string of the molecule is COC1Cc2ccc(OCCO)cc2N1C=CC(=O)c1ccccc1OC(F)(F)F. The third-order valence-electron chi connectivity index (χ3n) is 4.44. The van der Waals surface area contributed by atoms with Crippen LogP contribution in [-0.4, -0.2) is 43.8 Å². The van der Waals surface area contributed by atoms with Crippen molar-refractivity contribution in [3.63, 3.8) is 0 Å². The second-order valence-corrected chi connectivity index (χ2v) is 6.39. The summed E-state index contributed by atoms with van der Waals surface area (Å²) in [5.41, 5.74) is 1.48. The molecule has 0 spiro atoms. The van der Waals surface area contributed by atoms with Crippen LogP contribution in [0, 0.1) is 0 Å². The minimum absolute atomic E-state index is 0.130. The van der Waals surface area contributed by atoms with E-state index in [1.165, 1.54) is 37.6 Å². The molecule has 6 nitrogen and oxygen atoms in total. The zero-order valence-corrected chi connectivity index (χ0v) is 16.1. The van der Waals surface area contributed by atoms with Crippen molar-refractivity contribution < 1.29 is 37.3 Å². The molecule has 2 aromatic rings. The molecule has 9 heteroatoms. The molecule has 0 aliphatic carbocycles. The summed E-state index contributed by atoms with van der Waals surface area (Å²) in [6, 6.07) is 10.5. The van der Waals surface area contributed by atoms with Crippen LogP contribution < -0.4 is 14.4 Å². The summed E-state index contributed by atoms with van der Waals surface area (Å²) in [5.74, 6) is -0.677. The highest BCUT2D eigenvalue weighted by Crippen LogP contribution is 2.36. The molecular formula is C21H20F3NO5. The lowest BCUT2D eigenvalue weighted by atomic mass is 10.1. The molecule has 1 atom stereocenters. The molecule has 1 aliphatic heterocycles. The highest BCUT2D eigenvalue weighted by Gasteiger charge is 2.33. The first-order chi connectivity index (χ1) is 14.3. The fourth-order valence-electron chi connectivity index (χ4n) is 3.15. The standard InChI is InChI=1S/C21H20F3NO5/c1-28-20-12-14-6-7-15(29-11-10-26)13-17(14)25(20)9-8-18(27)16-4-2-3-5-19(16)30-21(22,23)24/h2-9,13,20,26H,10-12H2,1H3. The van der Waals surface area contributed by atoms with Gasteiger partial charge in [-0.3, -0.25) is 4.79 Å². The van der Waals surface area contributed by atoms with Gasteiger partial charge in [-0.1, -0.05) is 18.2 Å². The number of carbonyl (C=O) groups is 1. The number of rotatable bonds is 8. The average molecular weight is 423 g/mol. The maximum Gasteiger partial charge on any atom is 0.573 e. The number of hydrogen-bond donors (Lipinski definition) is 1. The van der Waals surface area contributed by atoms with E-state index in [0.29, 0.717) is 12.2 Å². The van der Waals surface area contributed by atoms with E-state index in [1.807, 2.05) is 6.07 Å². The molecular weight excluding hydrogens is 403 g/mol. The summed E-state index contributed by atoms with van der Waals surface area (Å²) >= 11 is 0. The van der Waals surface area contributed by atoms with Gasteiger partial charge in [-0.05, 0) is 23.8 Å². The number of aliphatic hydroxyl groups excluding tert-OH is 1. The van der Waals surface area contributed by atoms with Crippen LogP contribution in [0.25, 0.3) is 0 Å². The Morgan fingerprint density at radius 2 is 2.03 bits per heavy atom. The van der Waals surface area contributed by atoms with Crippen molar-refractivity contribution in [2.24, 2.45) is 0 Å². The van der Waals surface area contributed by atoms with Crippen LogP contribution in [0.1, 0.15) is 15.9 Å². The normalized spacial score (nSPS) is 16.0. The van der Waals surface area contributed by atoms with Gasteiger partial charge in [0.1, 0.15) is 24.3 Å². The van der Waals surface area contributed by atoms with Crippen LogP contribution in [-0.2, 0) is 11.2 Å². The molecule has 0 saturated carbocycles. The lowest BCUT2D eigenvalue weighted by Gasteiger charge is -2.22. The van der Waals surface area contributed by atoms with E-state index in [-0.39, 0.29) is 25.0 Å². The number of fused-ring (bicyclic) bond motifs is 1. The molecule has 1 aliphatic rings. The second-order valence-electron chi connectivity index (χ2n) is 6.39. The summed E-state index contributed by atoms with van der Waals surface area (Å²) in [4.78, 5) is 14.3. The smallest absolute Gasteiger partial charge is 0.491 e. The zero-order chi connectivity index (χ0) is 21.7. The zero-order valence-electron chi connectivity index (χ0n) is 16.1. The van der Waals surface area contributed by atoms with Crippen LogP contribution in [0.3, 0.4) is 0 Å². The van der Waals surface area contributed by atoms with Crippen molar-refractivity contribution >= 4 is 11.5 Å². The first kappa shape index (κ1) is 21.7. The number of para-hydroxylation sites is 1. The lowest BCUT2D eigenvalue weighted by molar-refractivity contribution is -0.274. The van der Waals surface area contributed by atoms with E-state index in [1.54, 1.807) is 17.0 Å². The number of carbonyl (C=O) groups excluding carboxylic acids is 1. The first-order valence-electron chi connectivity index (χ1n) is 9.07. The number of benzene rings is 2. The van der Waals surface area contributed by atoms with Crippen molar-refractivity contribution in [3.8, 4) is 11.5 Å². The van der Waals surface area contributed by atoms with Crippen LogP contribution in [0.15, 0.2) is 54.7 Å². The van der Waals surface area contributed by atoms with E-state index in [0.717, 1.165) is 17.3 Å². The molecule has 1 unspecified atom stereocenters. The number of halogens is 3. The highest BCUT2D eigenvalue weighted by molar-refractivity contribution is 6.06. The molecule has 0 amide bonds. The Hall–Kier alpha value is -3.04. The van der Waals surface area contributed by atoms with Gasteiger partial charge in [0.25, 0.3) is 0 Å². The molecule has 3 rings (SSSR count). The van der Waals surface area contributed by atoms with Crippen LogP contribution in [0.4, 0.5) is 18.9 Å². The van der Waals surface area contributed by atoms with Gasteiger partial charge in [0.2, 0.25) is 0 Å². The van der Waals surface area contributed by atoms with Gasteiger partial charge in [0.15, 0.2) is 5.78 Å². The van der Waals surface area contributed by atoms with Gasteiger partial charge in [0, 0.05) is 37.6 Å². The number of hydrogen-bond acceptors (Lipinski definition) is 6. The molecule has 0 saturated heterocycles. The topological polar surface area (TPSA) is 68.2 Å². The molecule has 160 valence electrons. The summed E-state index contributed by atoms with van der Waals surface area (Å²) in [6.07, 6.45) is -2.11. The predicted molar refractivity (Wildman–Crippen MR) is 103 cm³/mol. The minimum Gasteiger partial charge on any atom is -0.491 e. The number of alkyl halides is 3. The molecule has 0 radical (unpaired) electrons. The summed E-state index contributed by atoms with van der Waals surface area (Å²) in [6.45, 7) is 0.00606. The minimum atomic E-state index is -4.90. The predicted octanol–water partition coefficient (Wildman–Crippen LogP) is 3.69. The Kier molecular flexibility index (Phi) is 6.63. The van der Waals surface area contributed by atoms with E-state index >= 15 is 0 Å². The quantitative estimate of drug-likeness (QED) is 0.516. The third kappa shape index (κ3) is 5.11. The Balaban J connectivity index is 1.85. The van der Waals surface area contributed by atoms with Gasteiger partial charge < -0.3 is 24.2 Å². The van der Waals surface area contributed by atoms with Crippen molar-refractivity contribution in [1.82, 2.24) is 0 Å². The number of nitrogens with zero attached hydrogens (tertiary/aromatic N) is 1. The second kappa shape index (κ2) is 9.19. The summed E-state index contributed by atoms with van der Waals surface area (Å²) in [7, 11) is 1.52. The number of aliphatic hydroxyl groups is 1. The molecule has 0 bridgehead atoms. The molecule has 1 heterocycles. The molecule has 0 aromatic heterocycles. The molecule has 30 heavy (non-hydrogen) atoms. The van der Waals surface area contributed by atoms with Gasteiger partial charge in [-0.2, -0.15) is 0 Å². The number of allylic oxidation sites excluding steroid dienone is 1. The maximum atomic E-state index is 12.6. The molecule has 1 N–H and O–H groups in total. The fourth-order valence-corrected chi connectivity index (χ4v) is 3.15. The van der Waals surface area contributed by atoms with E-state index in [9.17, 15) is 18.0 Å². The van der Waals surface area contributed by atoms with Gasteiger partial charge >= 0.3 is 6.36 Å². The first-order valence-corrected chi connectivity index (χ1v) is 9.07. The Bertz CT molecular complexity index is 929. The summed E-state index contributed by atoms with van der Waals surface area (Å²) < 4.78 is 52.6. The number of ketones is 1. The van der Waals surface area contributed by atoms with Crippen LogP contribution in [0.2, 0.25) is 0 Å². The van der Waals surface area contributed by atoms with E-state index in [4.69, 9.17) is 14.6 Å². The number of methoxy groups -OCH3 is 1. The largest absolute Gasteiger partial charge is 0.573 e. The highest BCUT2D eigenvalue weighted by atomic mass is 19.4. The van der Waals surface area contributed by atoms with Crippen LogP contribution in [0.5, 0.6) is 11.5 Å². The Morgan fingerprint density at radius 3 is 2.73 bits per heavy atom. The Morgan fingerprint density at radius 1 is 1.27 bits per heavy atom. The number of anilines is 1. The molecule has 0 fully saturated rings. The summed E-state index contributed by atoms with van der Waals surface area (Å²) in [5, 5.41) is 8.91. The van der Waals surface area contributed by atoms with Crippen LogP contribution >= 0.6 is 0 Å².